The number of halogens is 2. The van der Waals surface area contributed by atoms with Crippen LogP contribution in [0.15, 0.2) is 35.3 Å². The summed E-state index contributed by atoms with van der Waals surface area (Å²) in [4.78, 5) is 17.6. The smallest absolute Gasteiger partial charge is 0.252 e. The zero-order chi connectivity index (χ0) is 19.6. The summed E-state index contributed by atoms with van der Waals surface area (Å²) in [6, 6.07) is 9.57. The molecule has 3 rings (SSSR count). The predicted molar refractivity (Wildman–Crippen MR) is 112 cm³/mol. The fraction of sp³-hybridized carbons (Fsp3) is 0.300. The highest BCUT2D eigenvalue weighted by atomic mass is 35.5. The maximum absolute atomic E-state index is 12.6. The van der Waals surface area contributed by atoms with Gasteiger partial charge in [0.2, 0.25) is 0 Å². The molecule has 0 fully saturated rings. The summed E-state index contributed by atoms with van der Waals surface area (Å²) >= 11 is 14.1. The quantitative estimate of drug-likeness (QED) is 0.583. The van der Waals surface area contributed by atoms with Crippen LogP contribution in [-0.4, -0.2) is 24.2 Å². The molecule has 1 amide bonds. The fourth-order valence-electron chi connectivity index (χ4n) is 2.94. The Morgan fingerprint density at radius 1 is 1.19 bits per heavy atom. The molecule has 0 aliphatic rings. The molecule has 0 N–H and O–H groups in total. The van der Waals surface area contributed by atoms with E-state index in [2.05, 4.69) is 11.1 Å². The van der Waals surface area contributed by atoms with E-state index in [1.807, 2.05) is 30.5 Å². The van der Waals surface area contributed by atoms with E-state index in [1.165, 1.54) is 16.9 Å². The highest BCUT2D eigenvalue weighted by Gasteiger charge is 2.14. The molecule has 0 spiro atoms. The number of ether oxygens (including phenoxy) is 1. The third-order valence-corrected chi connectivity index (χ3v) is 6.15. The molecule has 142 valence electrons. The van der Waals surface area contributed by atoms with Gasteiger partial charge in [0.1, 0.15) is 0 Å². The lowest BCUT2D eigenvalue weighted by Gasteiger charge is -2.06. The van der Waals surface area contributed by atoms with Crippen molar-refractivity contribution in [3.8, 4) is 0 Å². The van der Waals surface area contributed by atoms with Gasteiger partial charge in [0.25, 0.3) is 5.91 Å². The molecule has 0 saturated heterocycles. The lowest BCUT2D eigenvalue weighted by molar-refractivity contribution is -0.117. The van der Waals surface area contributed by atoms with E-state index in [0.29, 0.717) is 28.0 Å². The molecular weight excluding hydrogens is 403 g/mol. The lowest BCUT2D eigenvalue weighted by atomic mass is 10.0. The zero-order valence-corrected chi connectivity index (χ0v) is 17.7. The number of amides is 1. The first kappa shape index (κ1) is 20.1. The summed E-state index contributed by atoms with van der Waals surface area (Å²) in [6.07, 6.45) is 0.256. The van der Waals surface area contributed by atoms with Gasteiger partial charge in [-0.15, -0.1) is 0 Å². The molecule has 0 saturated carbocycles. The Kier molecular flexibility index (Phi) is 6.37. The summed E-state index contributed by atoms with van der Waals surface area (Å²) in [5, 5.41) is 1.17. The second-order valence-corrected chi connectivity index (χ2v) is 8.14. The van der Waals surface area contributed by atoms with Crippen LogP contribution in [0.5, 0.6) is 0 Å². The third-order valence-electron chi connectivity index (χ3n) is 4.31. The van der Waals surface area contributed by atoms with Crippen molar-refractivity contribution in [1.29, 1.82) is 0 Å². The average Bonchev–Trinajstić information content (AvgIpc) is 2.98. The van der Waals surface area contributed by atoms with Crippen LogP contribution in [-0.2, 0) is 22.5 Å². The van der Waals surface area contributed by atoms with E-state index >= 15 is 0 Å². The van der Waals surface area contributed by atoms with Gasteiger partial charge in [-0.3, -0.25) is 4.79 Å². The van der Waals surface area contributed by atoms with Crippen molar-refractivity contribution in [2.24, 2.45) is 4.99 Å². The van der Waals surface area contributed by atoms with E-state index in [1.54, 1.807) is 19.2 Å². The van der Waals surface area contributed by atoms with E-state index in [0.717, 1.165) is 21.3 Å². The molecule has 2 aromatic carbocycles. The molecule has 0 aliphatic heterocycles. The minimum Gasteiger partial charge on any atom is -0.383 e. The molecule has 7 heteroatoms. The first-order valence-corrected chi connectivity index (χ1v) is 10.1. The minimum atomic E-state index is -0.202. The van der Waals surface area contributed by atoms with E-state index in [4.69, 9.17) is 27.9 Å². The number of hydrogen-bond acceptors (Lipinski definition) is 3. The van der Waals surface area contributed by atoms with E-state index in [-0.39, 0.29) is 12.3 Å². The number of thiazole rings is 1. The highest BCUT2D eigenvalue weighted by Crippen LogP contribution is 2.31. The normalized spacial score (nSPS) is 12.1. The largest absolute Gasteiger partial charge is 0.383 e. The van der Waals surface area contributed by atoms with Crippen molar-refractivity contribution in [2.45, 2.75) is 26.8 Å². The summed E-state index contributed by atoms with van der Waals surface area (Å²) in [5.74, 6) is -0.202. The third kappa shape index (κ3) is 4.43. The van der Waals surface area contributed by atoms with Crippen LogP contribution in [0.3, 0.4) is 0 Å². The van der Waals surface area contributed by atoms with Gasteiger partial charge in [-0.05, 0) is 37.1 Å². The number of rotatable bonds is 5. The minimum absolute atomic E-state index is 0.202. The number of nitrogens with zero attached hydrogens (tertiary/aromatic N) is 2. The molecule has 0 unspecified atom stereocenters. The van der Waals surface area contributed by atoms with Gasteiger partial charge in [-0.2, -0.15) is 4.99 Å². The molecule has 0 aliphatic carbocycles. The fourth-order valence-corrected chi connectivity index (χ4v) is 4.63. The van der Waals surface area contributed by atoms with Gasteiger partial charge in [-0.1, -0.05) is 58.3 Å². The number of carbonyl (C=O) groups excluding carboxylic acids is 1. The molecule has 0 atom stereocenters. The van der Waals surface area contributed by atoms with Gasteiger partial charge < -0.3 is 9.30 Å². The predicted octanol–water partition coefficient (Wildman–Crippen LogP) is 4.94. The van der Waals surface area contributed by atoms with Crippen LogP contribution in [0.2, 0.25) is 10.0 Å². The Hall–Kier alpha value is -1.66. The Balaban J connectivity index is 2.05. The SMILES string of the molecule is COCCn1c(=NC(=O)Cc2ccc(C)cc2C)sc2c(Cl)ccc(Cl)c21. The van der Waals surface area contributed by atoms with Gasteiger partial charge >= 0.3 is 0 Å². The van der Waals surface area contributed by atoms with Crippen LogP contribution < -0.4 is 4.80 Å². The number of benzene rings is 2. The van der Waals surface area contributed by atoms with Crippen LogP contribution in [0.1, 0.15) is 16.7 Å². The molecule has 4 nitrogen and oxygen atoms in total. The van der Waals surface area contributed by atoms with Crippen molar-refractivity contribution in [3.63, 3.8) is 0 Å². The van der Waals surface area contributed by atoms with Gasteiger partial charge in [0.05, 0.1) is 33.3 Å². The van der Waals surface area contributed by atoms with E-state index in [9.17, 15) is 4.79 Å². The molecule has 0 radical (unpaired) electrons. The lowest BCUT2D eigenvalue weighted by Crippen LogP contribution is -2.20. The topological polar surface area (TPSA) is 43.6 Å². The van der Waals surface area contributed by atoms with Gasteiger partial charge in [0.15, 0.2) is 4.80 Å². The van der Waals surface area contributed by atoms with Crippen LogP contribution >= 0.6 is 34.5 Å². The first-order chi connectivity index (χ1) is 12.9. The van der Waals surface area contributed by atoms with Gasteiger partial charge in [-0.25, -0.2) is 0 Å². The molecule has 27 heavy (non-hydrogen) atoms. The maximum Gasteiger partial charge on any atom is 0.252 e. The summed E-state index contributed by atoms with van der Waals surface area (Å²) in [6.45, 7) is 5.05. The highest BCUT2D eigenvalue weighted by molar-refractivity contribution is 7.17. The second-order valence-electron chi connectivity index (χ2n) is 6.35. The number of aromatic nitrogens is 1. The number of fused-ring (bicyclic) bond motifs is 1. The summed E-state index contributed by atoms with van der Waals surface area (Å²) in [7, 11) is 1.63. The molecule has 0 bridgehead atoms. The molecule has 1 aromatic heterocycles. The van der Waals surface area contributed by atoms with Crippen LogP contribution in [0, 0.1) is 13.8 Å². The van der Waals surface area contributed by atoms with Crippen molar-refractivity contribution in [2.75, 3.05) is 13.7 Å². The molecule has 3 aromatic rings. The monoisotopic (exact) mass is 422 g/mol. The zero-order valence-electron chi connectivity index (χ0n) is 15.4. The van der Waals surface area contributed by atoms with Crippen molar-refractivity contribution >= 4 is 50.7 Å². The number of hydrogen-bond donors (Lipinski definition) is 0. The molecular formula is C20H20Cl2N2O2S. The van der Waals surface area contributed by atoms with Crippen molar-refractivity contribution in [1.82, 2.24) is 4.57 Å². The van der Waals surface area contributed by atoms with Crippen LogP contribution in [0.25, 0.3) is 10.2 Å². The second kappa shape index (κ2) is 8.57. The summed E-state index contributed by atoms with van der Waals surface area (Å²) < 4.78 is 7.92. The Bertz CT molecular complexity index is 1070. The van der Waals surface area contributed by atoms with Gasteiger partial charge in [0, 0.05) is 13.7 Å². The van der Waals surface area contributed by atoms with E-state index < -0.39 is 0 Å². The first-order valence-electron chi connectivity index (χ1n) is 8.50. The Labute approximate surface area is 172 Å². The number of carbonyl (C=O) groups is 1. The summed E-state index contributed by atoms with van der Waals surface area (Å²) in [5.41, 5.74) is 4.03. The van der Waals surface area contributed by atoms with Crippen molar-refractivity contribution in [3.05, 3.63) is 61.9 Å². The maximum atomic E-state index is 12.6. The number of methoxy groups -OCH3 is 1. The van der Waals surface area contributed by atoms with Crippen molar-refractivity contribution < 1.29 is 9.53 Å². The Morgan fingerprint density at radius 3 is 2.63 bits per heavy atom. The average molecular weight is 423 g/mol. The Morgan fingerprint density at radius 2 is 1.93 bits per heavy atom. The molecule has 1 heterocycles. The number of aryl methyl sites for hydroxylation is 2. The van der Waals surface area contributed by atoms with Crippen LogP contribution in [0.4, 0.5) is 0 Å². The standard InChI is InChI=1S/C20H20Cl2N2O2S/c1-12-4-5-14(13(2)10-12)11-17(25)23-20-24(8-9-26-3)18-15(21)6-7-16(22)19(18)27-20/h4-7,10H,8-9,11H2,1-3H3.